The van der Waals surface area contributed by atoms with Crippen LogP contribution in [0.25, 0.3) is 10.6 Å². The van der Waals surface area contributed by atoms with E-state index in [2.05, 4.69) is 4.98 Å². The number of aliphatic hydroxyl groups is 1. The fourth-order valence-electron chi connectivity index (χ4n) is 4.09. The monoisotopic (exact) mass is 461 g/mol. The second-order valence-electron chi connectivity index (χ2n) is 8.36. The predicted octanol–water partition coefficient (Wildman–Crippen LogP) is 4.65. The molecule has 0 fully saturated rings. The Kier molecular flexibility index (Phi) is 6.72. The Morgan fingerprint density at radius 2 is 1.73 bits per heavy atom. The molecule has 33 heavy (non-hydrogen) atoms. The molecule has 1 aliphatic rings. The van der Waals surface area contributed by atoms with Gasteiger partial charge in [-0.25, -0.2) is 4.98 Å². The van der Waals surface area contributed by atoms with Crippen LogP contribution in [0.1, 0.15) is 33.4 Å². The van der Waals surface area contributed by atoms with Crippen molar-refractivity contribution >= 4 is 23.0 Å². The average Bonchev–Trinajstić information content (AvgIpc) is 3.32. The highest BCUT2D eigenvalue weighted by atomic mass is 32.1. The van der Waals surface area contributed by atoms with Crippen molar-refractivity contribution in [3.63, 3.8) is 0 Å². The second-order valence-corrected chi connectivity index (χ2v) is 9.36. The summed E-state index contributed by atoms with van der Waals surface area (Å²) in [6.45, 7) is 3.02. The van der Waals surface area contributed by atoms with E-state index in [0.29, 0.717) is 17.1 Å². The highest BCUT2D eigenvalue weighted by molar-refractivity contribution is 7.17. The standard InChI is InChI=1S/C26H27N3O3S/c1-17-24(33-25(27-17)19-13-8-5-9-14-19)22(30)20-21(18-11-6-4-7-12-18)29(26(32)23(20)31)16-10-15-28(2)3/h4-9,11-14,21,31H,10,15-16H2,1-3H3. The molecule has 6 nitrogen and oxygen atoms in total. The number of benzene rings is 2. The molecule has 3 aromatic rings. The summed E-state index contributed by atoms with van der Waals surface area (Å²) in [4.78, 5) is 35.5. The zero-order valence-electron chi connectivity index (χ0n) is 19.0. The summed E-state index contributed by atoms with van der Waals surface area (Å²) in [7, 11) is 3.95. The smallest absolute Gasteiger partial charge is 0.290 e. The number of aryl methyl sites for hydroxylation is 1. The van der Waals surface area contributed by atoms with Gasteiger partial charge in [-0.15, -0.1) is 11.3 Å². The van der Waals surface area contributed by atoms with Crippen LogP contribution >= 0.6 is 11.3 Å². The molecule has 0 bridgehead atoms. The van der Waals surface area contributed by atoms with Crippen LogP contribution in [0.5, 0.6) is 0 Å². The first-order valence-electron chi connectivity index (χ1n) is 10.9. The summed E-state index contributed by atoms with van der Waals surface area (Å²) < 4.78 is 0. The lowest BCUT2D eigenvalue weighted by atomic mass is 9.95. The molecule has 0 saturated heterocycles. The molecule has 0 radical (unpaired) electrons. The number of thiazole rings is 1. The second kappa shape index (κ2) is 9.68. The average molecular weight is 462 g/mol. The number of amides is 1. The Morgan fingerprint density at radius 3 is 2.36 bits per heavy atom. The van der Waals surface area contributed by atoms with Gasteiger partial charge in [0.1, 0.15) is 5.01 Å². The van der Waals surface area contributed by atoms with E-state index in [0.717, 1.165) is 29.1 Å². The molecular formula is C26H27N3O3S. The van der Waals surface area contributed by atoms with E-state index in [1.165, 1.54) is 11.3 Å². The first-order valence-corrected chi connectivity index (χ1v) is 11.7. The third-order valence-corrected chi connectivity index (χ3v) is 6.90. The van der Waals surface area contributed by atoms with Crippen molar-refractivity contribution in [1.82, 2.24) is 14.8 Å². The lowest BCUT2D eigenvalue weighted by Gasteiger charge is -2.27. The number of hydrogen-bond donors (Lipinski definition) is 1. The number of ketones is 1. The maximum atomic E-state index is 13.7. The molecule has 1 N–H and O–H groups in total. The Labute approximate surface area is 197 Å². The van der Waals surface area contributed by atoms with Gasteiger partial charge in [0.2, 0.25) is 5.78 Å². The van der Waals surface area contributed by atoms with Crippen molar-refractivity contribution in [3.8, 4) is 10.6 Å². The first-order chi connectivity index (χ1) is 15.9. The topological polar surface area (TPSA) is 73.7 Å². The van der Waals surface area contributed by atoms with Crippen LogP contribution in [0.4, 0.5) is 0 Å². The number of carbonyl (C=O) groups excluding carboxylic acids is 2. The van der Waals surface area contributed by atoms with Gasteiger partial charge in [0.25, 0.3) is 5.91 Å². The summed E-state index contributed by atoms with van der Waals surface area (Å²) in [6.07, 6.45) is 0.731. The maximum Gasteiger partial charge on any atom is 0.290 e. The first kappa shape index (κ1) is 22.9. The molecule has 2 heterocycles. The largest absolute Gasteiger partial charge is 0.503 e. The molecule has 1 unspecified atom stereocenters. The SMILES string of the molecule is Cc1nc(-c2ccccc2)sc1C(=O)C1=C(O)C(=O)N(CCCN(C)C)C1c1ccccc1. The van der Waals surface area contributed by atoms with Gasteiger partial charge in [-0.2, -0.15) is 0 Å². The molecule has 1 amide bonds. The van der Waals surface area contributed by atoms with Crippen LogP contribution in [-0.2, 0) is 4.79 Å². The van der Waals surface area contributed by atoms with E-state index in [-0.39, 0.29) is 11.4 Å². The number of aromatic nitrogens is 1. The van der Waals surface area contributed by atoms with Gasteiger partial charge in [-0.05, 0) is 39.5 Å². The third-order valence-electron chi connectivity index (χ3n) is 5.69. The number of carbonyl (C=O) groups is 2. The molecule has 0 spiro atoms. The molecule has 1 aromatic heterocycles. The van der Waals surface area contributed by atoms with Crippen molar-refractivity contribution in [3.05, 3.63) is 88.1 Å². The maximum absolute atomic E-state index is 13.7. The van der Waals surface area contributed by atoms with Crippen molar-refractivity contribution in [2.45, 2.75) is 19.4 Å². The highest BCUT2D eigenvalue weighted by Gasteiger charge is 2.44. The lowest BCUT2D eigenvalue weighted by Crippen LogP contribution is -2.33. The Bertz CT molecular complexity index is 1190. The zero-order chi connectivity index (χ0) is 23.5. The Hall–Kier alpha value is -3.29. The van der Waals surface area contributed by atoms with Gasteiger partial charge in [0.15, 0.2) is 5.76 Å². The molecular weight excluding hydrogens is 434 g/mol. The molecule has 4 rings (SSSR count). The van der Waals surface area contributed by atoms with E-state index in [1.54, 1.807) is 11.8 Å². The van der Waals surface area contributed by atoms with Crippen molar-refractivity contribution < 1.29 is 14.7 Å². The van der Waals surface area contributed by atoms with E-state index >= 15 is 0 Å². The molecule has 1 aliphatic heterocycles. The highest BCUT2D eigenvalue weighted by Crippen LogP contribution is 2.40. The minimum absolute atomic E-state index is 0.127. The van der Waals surface area contributed by atoms with Crippen LogP contribution in [0.2, 0.25) is 0 Å². The quantitative estimate of drug-likeness (QED) is 0.495. The zero-order valence-corrected chi connectivity index (χ0v) is 19.8. The summed E-state index contributed by atoms with van der Waals surface area (Å²) in [6, 6.07) is 18.5. The third kappa shape index (κ3) is 4.60. The van der Waals surface area contributed by atoms with Crippen LogP contribution < -0.4 is 0 Å². The van der Waals surface area contributed by atoms with Gasteiger partial charge >= 0.3 is 0 Å². The van der Waals surface area contributed by atoms with Gasteiger partial charge in [-0.3, -0.25) is 9.59 Å². The van der Waals surface area contributed by atoms with Gasteiger partial charge < -0.3 is 14.9 Å². The summed E-state index contributed by atoms with van der Waals surface area (Å²) in [5.41, 5.74) is 2.45. The molecule has 170 valence electrons. The van der Waals surface area contributed by atoms with E-state index in [9.17, 15) is 14.7 Å². The molecule has 0 saturated carbocycles. The van der Waals surface area contributed by atoms with Gasteiger partial charge in [0, 0.05) is 12.1 Å². The van der Waals surface area contributed by atoms with Gasteiger partial charge in [0.05, 0.1) is 22.2 Å². The van der Waals surface area contributed by atoms with E-state index in [4.69, 9.17) is 0 Å². The van der Waals surface area contributed by atoms with Crippen LogP contribution in [0, 0.1) is 6.92 Å². The van der Waals surface area contributed by atoms with Crippen molar-refractivity contribution in [1.29, 1.82) is 0 Å². The fourth-order valence-corrected chi connectivity index (χ4v) is 5.11. The predicted molar refractivity (Wildman–Crippen MR) is 130 cm³/mol. The summed E-state index contributed by atoms with van der Waals surface area (Å²) >= 11 is 1.29. The molecule has 0 aliphatic carbocycles. The Morgan fingerprint density at radius 1 is 1.09 bits per heavy atom. The van der Waals surface area contributed by atoms with Crippen LogP contribution in [0.15, 0.2) is 72.0 Å². The molecule has 2 aromatic carbocycles. The number of aliphatic hydroxyl groups excluding tert-OH is 1. The minimum atomic E-state index is -0.630. The van der Waals surface area contributed by atoms with Crippen LogP contribution in [0.3, 0.4) is 0 Å². The normalized spacial score (nSPS) is 16.2. The lowest BCUT2D eigenvalue weighted by molar-refractivity contribution is -0.129. The van der Waals surface area contributed by atoms with Crippen molar-refractivity contribution in [2.75, 3.05) is 27.2 Å². The summed E-state index contributed by atoms with van der Waals surface area (Å²) in [5, 5.41) is 11.6. The number of hydrogen-bond acceptors (Lipinski definition) is 6. The van der Waals surface area contributed by atoms with E-state index in [1.807, 2.05) is 79.7 Å². The summed E-state index contributed by atoms with van der Waals surface area (Å²) in [5.74, 6) is -1.31. The molecule has 1 atom stereocenters. The number of rotatable bonds is 8. The minimum Gasteiger partial charge on any atom is -0.503 e. The number of nitrogens with zero attached hydrogens (tertiary/aromatic N) is 3. The van der Waals surface area contributed by atoms with E-state index < -0.39 is 17.7 Å². The number of Topliss-reactive ketones (excluding diaryl/α,β-unsaturated/α-hetero) is 1. The van der Waals surface area contributed by atoms with Gasteiger partial charge in [-0.1, -0.05) is 60.7 Å². The Balaban J connectivity index is 1.72. The fraction of sp³-hybridized carbons (Fsp3) is 0.269. The van der Waals surface area contributed by atoms with Crippen molar-refractivity contribution in [2.24, 2.45) is 0 Å². The van der Waals surface area contributed by atoms with Crippen LogP contribution in [-0.4, -0.2) is 58.8 Å². The molecule has 7 heteroatoms.